The summed E-state index contributed by atoms with van der Waals surface area (Å²) in [6, 6.07) is 6.52. The number of hydrogen-bond donors (Lipinski definition) is 0. The summed E-state index contributed by atoms with van der Waals surface area (Å²) in [5.74, 6) is -0.305. The van der Waals surface area contributed by atoms with Crippen molar-refractivity contribution in [2.75, 3.05) is 40.3 Å². The lowest BCUT2D eigenvalue weighted by molar-refractivity contribution is -0.144. The van der Waals surface area contributed by atoms with Crippen LogP contribution < -0.4 is 0 Å². The van der Waals surface area contributed by atoms with Crippen molar-refractivity contribution >= 4 is 5.91 Å². The lowest BCUT2D eigenvalue weighted by atomic mass is 9.98. The van der Waals surface area contributed by atoms with E-state index >= 15 is 0 Å². The van der Waals surface area contributed by atoms with Crippen LogP contribution in [0.4, 0.5) is 4.39 Å². The normalized spacial score (nSPS) is 21.3. The second-order valence-corrected chi connectivity index (χ2v) is 6.88. The zero-order valence-electron chi connectivity index (χ0n) is 14.0. The number of likely N-dealkylation sites (tertiary alicyclic amines) is 2. The summed E-state index contributed by atoms with van der Waals surface area (Å²) in [5, 5.41) is 0. The van der Waals surface area contributed by atoms with Crippen molar-refractivity contribution in [1.29, 1.82) is 0 Å². The van der Waals surface area contributed by atoms with Gasteiger partial charge in [-0.25, -0.2) is 4.39 Å². The average molecular weight is 319 g/mol. The van der Waals surface area contributed by atoms with E-state index < -0.39 is 6.04 Å². The molecule has 126 valence electrons. The molecule has 0 spiro atoms. The SMILES string of the molecule is CN(C)[C@@H](C(=O)N1CC(N2CCCCC2)C1)c1ccccc1F. The van der Waals surface area contributed by atoms with Crippen LogP contribution in [0.15, 0.2) is 24.3 Å². The second-order valence-electron chi connectivity index (χ2n) is 6.88. The van der Waals surface area contributed by atoms with Gasteiger partial charge in [0.2, 0.25) is 5.91 Å². The van der Waals surface area contributed by atoms with Crippen molar-refractivity contribution in [3.8, 4) is 0 Å². The fourth-order valence-electron chi connectivity index (χ4n) is 3.65. The molecule has 3 rings (SSSR count). The topological polar surface area (TPSA) is 26.8 Å². The Bertz CT molecular complexity index is 551. The zero-order valence-corrected chi connectivity index (χ0v) is 14.0. The second kappa shape index (κ2) is 6.97. The minimum Gasteiger partial charge on any atom is -0.338 e. The van der Waals surface area contributed by atoms with Gasteiger partial charge in [-0.1, -0.05) is 24.6 Å². The molecule has 0 aromatic heterocycles. The Labute approximate surface area is 137 Å². The highest BCUT2D eigenvalue weighted by Gasteiger charge is 2.39. The number of carbonyl (C=O) groups excluding carboxylic acids is 1. The molecule has 0 aliphatic carbocycles. The highest BCUT2D eigenvalue weighted by Crippen LogP contribution is 2.27. The molecule has 1 atom stereocenters. The molecule has 5 heteroatoms. The van der Waals surface area contributed by atoms with Crippen LogP contribution in [0.3, 0.4) is 0 Å². The van der Waals surface area contributed by atoms with Crippen LogP contribution in [0.5, 0.6) is 0 Å². The van der Waals surface area contributed by atoms with Crippen LogP contribution >= 0.6 is 0 Å². The lowest BCUT2D eigenvalue weighted by Crippen LogP contribution is -2.63. The van der Waals surface area contributed by atoms with Crippen LogP contribution in [0.2, 0.25) is 0 Å². The molecule has 2 saturated heterocycles. The Morgan fingerprint density at radius 2 is 1.83 bits per heavy atom. The summed E-state index contributed by atoms with van der Waals surface area (Å²) >= 11 is 0. The van der Waals surface area contributed by atoms with E-state index in [2.05, 4.69) is 4.90 Å². The van der Waals surface area contributed by atoms with E-state index in [1.54, 1.807) is 23.1 Å². The van der Waals surface area contributed by atoms with Gasteiger partial charge in [0.15, 0.2) is 0 Å². The van der Waals surface area contributed by atoms with Crippen LogP contribution in [-0.2, 0) is 4.79 Å². The number of halogens is 1. The van der Waals surface area contributed by atoms with Crippen molar-refractivity contribution in [3.05, 3.63) is 35.6 Å². The third-order valence-electron chi connectivity index (χ3n) is 5.03. The standard InChI is InChI=1S/C18H26FN3O/c1-20(2)17(15-8-4-5-9-16(15)19)18(23)22-12-14(13-22)21-10-6-3-7-11-21/h4-5,8-9,14,17H,3,6-7,10-13H2,1-2H3/t17-/m1/s1. The first-order valence-electron chi connectivity index (χ1n) is 8.51. The molecule has 0 N–H and O–H groups in total. The Balaban J connectivity index is 1.65. The number of amides is 1. The molecule has 1 aromatic carbocycles. The smallest absolute Gasteiger partial charge is 0.244 e. The number of rotatable bonds is 4. The monoisotopic (exact) mass is 319 g/mol. The molecule has 23 heavy (non-hydrogen) atoms. The molecule has 2 aliphatic heterocycles. The van der Waals surface area contributed by atoms with E-state index in [0.717, 1.165) is 26.2 Å². The van der Waals surface area contributed by atoms with Gasteiger partial charge in [-0.15, -0.1) is 0 Å². The van der Waals surface area contributed by atoms with Crippen molar-refractivity contribution in [2.45, 2.75) is 31.3 Å². The zero-order chi connectivity index (χ0) is 16.4. The molecule has 0 saturated carbocycles. The maximum Gasteiger partial charge on any atom is 0.244 e. The number of benzene rings is 1. The summed E-state index contributed by atoms with van der Waals surface area (Å²) in [7, 11) is 3.66. The number of piperidine rings is 1. The van der Waals surface area contributed by atoms with Gasteiger partial charge in [0.25, 0.3) is 0 Å². The predicted molar refractivity (Wildman–Crippen MR) is 88.6 cm³/mol. The first-order valence-corrected chi connectivity index (χ1v) is 8.51. The number of hydrogen-bond acceptors (Lipinski definition) is 3. The molecule has 4 nitrogen and oxygen atoms in total. The number of nitrogens with zero attached hydrogens (tertiary/aromatic N) is 3. The van der Waals surface area contributed by atoms with Gasteiger partial charge in [-0.3, -0.25) is 14.6 Å². The minimum atomic E-state index is -0.543. The molecule has 2 fully saturated rings. The van der Waals surface area contributed by atoms with E-state index in [4.69, 9.17) is 0 Å². The van der Waals surface area contributed by atoms with Crippen molar-refractivity contribution < 1.29 is 9.18 Å². The fraction of sp³-hybridized carbons (Fsp3) is 0.611. The molecule has 1 aromatic rings. The summed E-state index contributed by atoms with van der Waals surface area (Å²) in [6.07, 6.45) is 3.85. The number of likely N-dealkylation sites (N-methyl/N-ethyl adjacent to an activating group) is 1. The van der Waals surface area contributed by atoms with Crippen LogP contribution in [0.1, 0.15) is 30.9 Å². The third-order valence-corrected chi connectivity index (χ3v) is 5.03. The third kappa shape index (κ3) is 3.40. The lowest BCUT2D eigenvalue weighted by Gasteiger charge is -2.48. The summed E-state index contributed by atoms with van der Waals surface area (Å²) in [4.78, 5) is 19.0. The first-order chi connectivity index (χ1) is 11.1. The van der Waals surface area contributed by atoms with Crippen molar-refractivity contribution in [3.63, 3.8) is 0 Å². The summed E-state index contributed by atoms with van der Waals surface area (Å²) in [5.41, 5.74) is 0.462. The fourth-order valence-corrected chi connectivity index (χ4v) is 3.65. The largest absolute Gasteiger partial charge is 0.338 e. The van der Waals surface area contributed by atoms with Gasteiger partial charge in [0.05, 0.1) is 0 Å². The van der Waals surface area contributed by atoms with E-state index in [1.807, 2.05) is 19.0 Å². The van der Waals surface area contributed by atoms with E-state index in [0.29, 0.717) is 11.6 Å². The quantitative estimate of drug-likeness (QED) is 0.850. The average Bonchev–Trinajstić information content (AvgIpc) is 2.49. The predicted octanol–water partition coefficient (Wildman–Crippen LogP) is 2.13. The summed E-state index contributed by atoms with van der Waals surface area (Å²) < 4.78 is 14.1. The Morgan fingerprint density at radius 1 is 1.17 bits per heavy atom. The highest BCUT2D eigenvalue weighted by atomic mass is 19.1. The van der Waals surface area contributed by atoms with Gasteiger partial charge in [-0.2, -0.15) is 0 Å². The Hall–Kier alpha value is -1.46. The molecule has 0 unspecified atom stereocenters. The molecule has 0 radical (unpaired) electrons. The van der Waals surface area contributed by atoms with Gasteiger partial charge in [0, 0.05) is 24.7 Å². The van der Waals surface area contributed by atoms with Crippen LogP contribution in [-0.4, -0.2) is 66.9 Å². The van der Waals surface area contributed by atoms with Gasteiger partial charge < -0.3 is 4.90 Å². The Kier molecular flexibility index (Phi) is 4.97. The Morgan fingerprint density at radius 3 is 2.43 bits per heavy atom. The molecular formula is C18H26FN3O. The van der Waals surface area contributed by atoms with Gasteiger partial charge in [0.1, 0.15) is 11.9 Å². The van der Waals surface area contributed by atoms with Crippen LogP contribution in [0, 0.1) is 5.82 Å². The first kappa shape index (κ1) is 16.4. The van der Waals surface area contributed by atoms with Crippen molar-refractivity contribution in [2.24, 2.45) is 0 Å². The maximum atomic E-state index is 14.1. The highest BCUT2D eigenvalue weighted by molar-refractivity contribution is 5.84. The van der Waals surface area contributed by atoms with Crippen molar-refractivity contribution in [1.82, 2.24) is 14.7 Å². The van der Waals surface area contributed by atoms with Gasteiger partial charge in [-0.05, 0) is 46.1 Å². The maximum absolute atomic E-state index is 14.1. The van der Waals surface area contributed by atoms with E-state index in [-0.39, 0.29) is 11.7 Å². The van der Waals surface area contributed by atoms with Gasteiger partial charge >= 0.3 is 0 Å². The molecule has 2 aliphatic rings. The van der Waals surface area contributed by atoms with Crippen LogP contribution in [0.25, 0.3) is 0 Å². The number of carbonyl (C=O) groups is 1. The molecular weight excluding hydrogens is 293 g/mol. The van der Waals surface area contributed by atoms with E-state index in [9.17, 15) is 9.18 Å². The molecule has 1 amide bonds. The minimum absolute atomic E-state index is 0.00774. The molecule has 0 bridgehead atoms. The van der Waals surface area contributed by atoms with E-state index in [1.165, 1.54) is 25.3 Å². The summed E-state index contributed by atoms with van der Waals surface area (Å²) in [6.45, 7) is 3.85. The molecule has 2 heterocycles.